The molecule has 0 aromatic carbocycles. The number of hydrogen-bond donors (Lipinski definition) is 1. The number of ether oxygens (including phenoxy) is 1. The molecule has 0 bridgehead atoms. The molecule has 1 saturated carbocycles. The van der Waals surface area contributed by atoms with Crippen molar-refractivity contribution in [2.24, 2.45) is 23.0 Å². The van der Waals surface area contributed by atoms with Gasteiger partial charge in [-0.05, 0) is 56.8 Å². The minimum absolute atomic E-state index is 0.0807. The largest absolute Gasteiger partial charge is 0.375 e. The van der Waals surface area contributed by atoms with Crippen LogP contribution in [0.4, 0.5) is 0 Å². The molecule has 19 heavy (non-hydrogen) atoms. The third kappa shape index (κ3) is 3.95. The lowest BCUT2D eigenvalue weighted by Crippen LogP contribution is -2.38. The van der Waals surface area contributed by atoms with Gasteiger partial charge in [-0.15, -0.1) is 0 Å². The second-order valence-electron chi connectivity index (χ2n) is 7.36. The first-order chi connectivity index (χ1) is 8.88. The minimum atomic E-state index is -0.114. The van der Waals surface area contributed by atoms with Crippen molar-refractivity contribution in [1.82, 2.24) is 0 Å². The molecule has 1 heterocycles. The molecule has 2 aliphatic rings. The van der Waals surface area contributed by atoms with Gasteiger partial charge in [0, 0.05) is 5.92 Å². The SMILES string of the molecule is CC1CC(C)OC(CC2(C)CCCC(C(N)=O)C2)C1. The number of carbonyl (C=O) groups excluding carboxylic acids is 1. The van der Waals surface area contributed by atoms with Gasteiger partial charge in [-0.3, -0.25) is 4.79 Å². The summed E-state index contributed by atoms with van der Waals surface area (Å²) in [7, 11) is 0. The third-order valence-electron chi connectivity index (χ3n) is 5.02. The zero-order chi connectivity index (χ0) is 14.0. The fourth-order valence-corrected chi connectivity index (χ4v) is 4.23. The van der Waals surface area contributed by atoms with Gasteiger partial charge in [0.2, 0.25) is 5.91 Å². The van der Waals surface area contributed by atoms with Crippen molar-refractivity contribution in [2.75, 3.05) is 0 Å². The van der Waals surface area contributed by atoms with Gasteiger partial charge in [-0.2, -0.15) is 0 Å². The van der Waals surface area contributed by atoms with Crippen LogP contribution in [-0.4, -0.2) is 18.1 Å². The van der Waals surface area contributed by atoms with Crippen LogP contribution in [0, 0.1) is 17.3 Å². The van der Waals surface area contributed by atoms with Gasteiger partial charge in [0.25, 0.3) is 0 Å². The maximum absolute atomic E-state index is 11.4. The number of nitrogens with two attached hydrogens (primary N) is 1. The van der Waals surface area contributed by atoms with E-state index in [1.165, 1.54) is 19.3 Å². The Morgan fingerprint density at radius 1 is 1.37 bits per heavy atom. The van der Waals surface area contributed by atoms with Crippen LogP contribution in [0.1, 0.15) is 65.7 Å². The molecule has 0 radical (unpaired) electrons. The van der Waals surface area contributed by atoms with Crippen LogP contribution in [0.15, 0.2) is 0 Å². The van der Waals surface area contributed by atoms with E-state index in [-0.39, 0.29) is 17.2 Å². The van der Waals surface area contributed by atoms with Gasteiger partial charge < -0.3 is 10.5 Å². The molecule has 2 fully saturated rings. The van der Waals surface area contributed by atoms with Gasteiger partial charge in [-0.1, -0.05) is 20.3 Å². The molecule has 0 aromatic rings. The standard InChI is InChI=1S/C16H29NO2/c1-11-7-12(2)19-14(8-11)10-16(3)6-4-5-13(9-16)15(17)18/h11-14H,4-10H2,1-3H3,(H2,17,18). The van der Waals surface area contributed by atoms with E-state index in [9.17, 15) is 4.79 Å². The summed E-state index contributed by atoms with van der Waals surface area (Å²) in [4.78, 5) is 11.4. The number of primary amides is 1. The summed E-state index contributed by atoms with van der Waals surface area (Å²) in [5, 5.41) is 0. The molecule has 5 unspecified atom stereocenters. The van der Waals surface area contributed by atoms with Crippen LogP contribution in [0.3, 0.4) is 0 Å². The molecule has 2 rings (SSSR count). The van der Waals surface area contributed by atoms with Gasteiger partial charge in [0.15, 0.2) is 0 Å². The number of rotatable bonds is 3. The molecule has 5 atom stereocenters. The Labute approximate surface area is 117 Å². The Balaban J connectivity index is 1.94. The summed E-state index contributed by atoms with van der Waals surface area (Å²) >= 11 is 0. The fourth-order valence-electron chi connectivity index (χ4n) is 4.23. The van der Waals surface area contributed by atoms with Crippen molar-refractivity contribution in [3.8, 4) is 0 Å². The minimum Gasteiger partial charge on any atom is -0.375 e. The lowest BCUT2D eigenvalue weighted by molar-refractivity contribution is -0.125. The summed E-state index contributed by atoms with van der Waals surface area (Å²) in [6.07, 6.45) is 8.45. The number of carbonyl (C=O) groups is 1. The highest BCUT2D eigenvalue weighted by Crippen LogP contribution is 2.44. The first-order valence-electron chi connectivity index (χ1n) is 7.83. The molecule has 2 N–H and O–H groups in total. The molecule has 110 valence electrons. The highest BCUT2D eigenvalue weighted by molar-refractivity contribution is 5.76. The average Bonchev–Trinajstić information content (AvgIpc) is 2.26. The predicted octanol–water partition coefficient (Wildman–Crippen LogP) is 3.26. The van der Waals surface area contributed by atoms with Crippen molar-refractivity contribution in [3.05, 3.63) is 0 Å². The van der Waals surface area contributed by atoms with Crippen LogP contribution in [-0.2, 0) is 9.53 Å². The first kappa shape index (κ1) is 14.8. The Morgan fingerprint density at radius 3 is 2.74 bits per heavy atom. The van der Waals surface area contributed by atoms with E-state index in [0.29, 0.717) is 12.2 Å². The van der Waals surface area contributed by atoms with Crippen LogP contribution in [0.5, 0.6) is 0 Å². The highest BCUT2D eigenvalue weighted by Gasteiger charge is 2.38. The number of amides is 1. The molecule has 1 saturated heterocycles. The second kappa shape index (κ2) is 5.82. The van der Waals surface area contributed by atoms with Crippen molar-refractivity contribution in [3.63, 3.8) is 0 Å². The van der Waals surface area contributed by atoms with Crippen LogP contribution in [0.2, 0.25) is 0 Å². The zero-order valence-corrected chi connectivity index (χ0v) is 12.7. The fraction of sp³-hybridized carbons (Fsp3) is 0.938. The Morgan fingerprint density at radius 2 is 2.11 bits per heavy atom. The van der Waals surface area contributed by atoms with Gasteiger partial charge in [0.05, 0.1) is 12.2 Å². The van der Waals surface area contributed by atoms with Crippen LogP contribution in [0.25, 0.3) is 0 Å². The Kier molecular flexibility index (Phi) is 4.54. The Bertz CT molecular complexity index is 321. The van der Waals surface area contributed by atoms with Crippen molar-refractivity contribution in [1.29, 1.82) is 0 Å². The lowest BCUT2D eigenvalue weighted by Gasteiger charge is -2.42. The summed E-state index contributed by atoms with van der Waals surface area (Å²) in [5.74, 6) is 0.724. The molecule has 0 aromatic heterocycles. The van der Waals surface area contributed by atoms with E-state index in [1.807, 2.05) is 0 Å². The van der Waals surface area contributed by atoms with Crippen molar-refractivity contribution in [2.45, 2.75) is 77.9 Å². The molecule has 1 amide bonds. The predicted molar refractivity (Wildman–Crippen MR) is 76.6 cm³/mol. The van der Waals surface area contributed by atoms with E-state index in [1.54, 1.807) is 0 Å². The lowest BCUT2D eigenvalue weighted by atomic mass is 9.67. The van der Waals surface area contributed by atoms with Gasteiger partial charge >= 0.3 is 0 Å². The van der Waals surface area contributed by atoms with E-state index < -0.39 is 0 Å². The Hall–Kier alpha value is -0.570. The monoisotopic (exact) mass is 267 g/mol. The first-order valence-corrected chi connectivity index (χ1v) is 7.83. The molecule has 1 aliphatic carbocycles. The van der Waals surface area contributed by atoms with Crippen molar-refractivity contribution >= 4 is 5.91 Å². The molecule has 0 spiro atoms. The van der Waals surface area contributed by atoms with Gasteiger partial charge in [0.1, 0.15) is 0 Å². The van der Waals surface area contributed by atoms with E-state index >= 15 is 0 Å². The van der Waals surface area contributed by atoms with E-state index in [0.717, 1.165) is 31.6 Å². The number of hydrogen-bond acceptors (Lipinski definition) is 2. The van der Waals surface area contributed by atoms with E-state index in [4.69, 9.17) is 10.5 Å². The van der Waals surface area contributed by atoms with Crippen molar-refractivity contribution < 1.29 is 9.53 Å². The molecular formula is C16H29NO2. The second-order valence-corrected chi connectivity index (χ2v) is 7.36. The summed E-state index contributed by atoms with van der Waals surface area (Å²) in [6, 6.07) is 0. The summed E-state index contributed by atoms with van der Waals surface area (Å²) in [5.41, 5.74) is 5.73. The highest BCUT2D eigenvalue weighted by atomic mass is 16.5. The van der Waals surface area contributed by atoms with Crippen LogP contribution >= 0.6 is 0 Å². The zero-order valence-electron chi connectivity index (χ0n) is 12.7. The molecule has 3 heteroatoms. The molecular weight excluding hydrogens is 238 g/mol. The van der Waals surface area contributed by atoms with Crippen LogP contribution < -0.4 is 5.73 Å². The van der Waals surface area contributed by atoms with Gasteiger partial charge in [-0.25, -0.2) is 0 Å². The third-order valence-corrected chi connectivity index (χ3v) is 5.02. The topological polar surface area (TPSA) is 52.3 Å². The normalized spacial score (nSPS) is 43.9. The summed E-state index contributed by atoms with van der Waals surface area (Å²) < 4.78 is 6.10. The molecule has 1 aliphatic heterocycles. The maximum Gasteiger partial charge on any atom is 0.220 e. The molecule has 3 nitrogen and oxygen atoms in total. The smallest absolute Gasteiger partial charge is 0.220 e. The quantitative estimate of drug-likeness (QED) is 0.853. The summed E-state index contributed by atoms with van der Waals surface area (Å²) in [6.45, 7) is 6.81. The maximum atomic E-state index is 11.4. The average molecular weight is 267 g/mol. The van der Waals surface area contributed by atoms with E-state index in [2.05, 4.69) is 20.8 Å².